The van der Waals surface area contributed by atoms with Crippen LogP contribution in [-0.4, -0.2) is 58.9 Å². The molecular formula is C26H32F3N5O. The van der Waals surface area contributed by atoms with Crippen LogP contribution in [0.2, 0.25) is 0 Å². The van der Waals surface area contributed by atoms with Gasteiger partial charge in [0.05, 0.1) is 11.3 Å². The van der Waals surface area contributed by atoms with Crippen molar-refractivity contribution >= 4 is 5.82 Å². The number of hydrogen-bond acceptors (Lipinski definition) is 6. The average Bonchev–Trinajstić information content (AvgIpc) is 3.54. The molecule has 0 aromatic carbocycles. The second-order valence-electron chi connectivity index (χ2n) is 10.5. The summed E-state index contributed by atoms with van der Waals surface area (Å²) in [6, 6.07) is 2.93. The van der Waals surface area contributed by atoms with Gasteiger partial charge in [-0.1, -0.05) is 0 Å². The molecule has 9 heteroatoms. The van der Waals surface area contributed by atoms with Crippen LogP contribution in [0.4, 0.5) is 19.0 Å². The van der Waals surface area contributed by atoms with Crippen LogP contribution < -0.4 is 5.32 Å². The third kappa shape index (κ3) is 5.03. The van der Waals surface area contributed by atoms with Gasteiger partial charge in [0.15, 0.2) is 5.82 Å². The number of rotatable bonds is 6. The van der Waals surface area contributed by atoms with Crippen LogP contribution in [0.5, 0.6) is 0 Å². The Morgan fingerprint density at radius 1 is 1.09 bits per heavy atom. The Hall–Kier alpha value is -2.26. The van der Waals surface area contributed by atoms with E-state index in [1.54, 1.807) is 6.07 Å². The SMILES string of the molecule is [2H]C([2H])(C1CCOCC1)N1CC2CC(Nc3nnc(-c4cnccc4C(F)(F)F)cc3C3CC3)CC2C1. The van der Waals surface area contributed by atoms with Crippen molar-refractivity contribution in [1.82, 2.24) is 20.1 Å². The molecule has 2 saturated carbocycles. The zero-order valence-electron chi connectivity index (χ0n) is 21.6. The summed E-state index contributed by atoms with van der Waals surface area (Å²) in [6.45, 7) is 1.48. The van der Waals surface area contributed by atoms with Crippen LogP contribution >= 0.6 is 0 Å². The maximum atomic E-state index is 13.6. The molecule has 35 heavy (non-hydrogen) atoms. The number of fused-ring (bicyclic) bond motifs is 1. The van der Waals surface area contributed by atoms with Crippen LogP contribution in [0.25, 0.3) is 11.3 Å². The number of alkyl halides is 3. The molecule has 188 valence electrons. The number of hydrogen-bond donors (Lipinski definition) is 1. The first-order valence-electron chi connectivity index (χ1n) is 13.7. The molecule has 2 unspecified atom stereocenters. The highest BCUT2D eigenvalue weighted by Gasteiger charge is 2.42. The predicted molar refractivity (Wildman–Crippen MR) is 126 cm³/mol. The number of nitrogens with zero attached hydrogens (tertiary/aromatic N) is 4. The molecule has 0 amide bonds. The molecule has 2 saturated heterocycles. The molecule has 4 heterocycles. The van der Waals surface area contributed by atoms with Gasteiger partial charge < -0.3 is 15.0 Å². The monoisotopic (exact) mass is 489 g/mol. The van der Waals surface area contributed by atoms with Gasteiger partial charge in [0.25, 0.3) is 0 Å². The second-order valence-corrected chi connectivity index (χ2v) is 10.5. The minimum atomic E-state index is -4.49. The highest BCUT2D eigenvalue weighted by atomic mass is 19.4. The lowest BCUT2D eigenvalue weighted by atomic mass is 10.00. The van der Waals surface area contributed by atoms with Crippen molar-refractivity contribution in [2.45, 2.75) is 56.7 Å². The normalized spacial score (nSPS) is 29.1. The lowest BCUT2D eigenvalue weighted by Crippen LogP contribution is -2.32. The number of likely N-dealkylation sites (tertiary alicyclic amines) is 1. The Labute approximate surface area is 206 Å². The molecule has 2 aromatic heterocycles. The summed E-state index contributed by atoms with van der Waals surface area (Å²) in [6.07, 6.45) is 3.24. The smallest absolute Gasteiger partial charge is 0.381 e. The number of nitrogens with one attached hydrogen (secondary N) is 1. The van der Waals surface area contributed by atoms with Gasteiger partial charge in [-0.3, -0.25) is 4.98 Å². The van der Waals surface area contributed by atoms with Gasteiger partial charge in [-0.2, -0.15) is 13.2 Å². The lowest BCUT2D eigenvalue weighted by Gasteiger charge is -2.28. The van der Waals surface area contributed by atoms with E-state index in [1.807, 2.05) is 4.90 Å². The Kier molecular flexibility index (Phi) is 5.56. The zero-order chi connectivity index (χ0) is 25.8. The van der Waals surface area contributed by atoms with Gasteiger partial charge in [0.1, 0.15) is 0 Å². The fourth-order valence-electron chi connectivity index (χ4n) is 6.00. The van der Waals surface area contributed by atoms with Gasteiger partial charge >= 0.3 is 6.18 Å². The minimum absolute atomic E-state index is 0.0153. The molecule has 0 radical (unpaired) electrons. The predicted octanol–water partition coefficient (Wildman–Crippen LogP) is 4.98. The van der Waals surface area contributed by atoms with E-state index in [2.05, 4.69) is 20.5 Å². The van der Waals surface area contributed by atoms with Gasteiger partial charge in [-0.05, 0) is 74.3 Å². The molecule has 1 N–H and O–H groups in total. The molecule has 2 aliphatic heterocycles. The van der Waals surface area contributed by atoms with Crippen molar-refractivity contribution in [2.24, 2.45) is 17.8 Å². The first kappa shape index (κ1) is 20.9. The lowest BCUT2D eigenvalue weighted by molar-refractivity contribution is -0.137. The Morgan fingerprint density at radius 2 is 1.83 bits per heavy atom. The fraction of sp³-hybridized carbons (Fsp3) is 0.654. The highest BCUT2D eigenvalue weighted by Crippen LogP contribution is 2.46. The summed E-state index contributed by atoms with van der Waals surface area (Å²) in [5.41, 5.74) is 0.317. The van der Waals surface area contributed by atoms with Crippen molar-refractivity contribution in [3.63, 3.8) is 0 Å². The van der Waals surface area contributed by atoms with Crippen molar-refractivity contribution in [2.75, 3.05) is 38.1 Å². The number of pyridine rings is 1. The summed E-state index contributed by atoms with van der Waals surface area (Å²) >= 11 is 0. The first-order chi connectivity index (χ1) is 17.7. The van der Waals surface area contributed by atoms with E-state index in [0.717, 1.165) is 69.4 Å². The Bertz CT molecular complexity index is 1130. The highest BCUT2D eigenvalue weighted by molar-refractivity contribution is 5.66. The molecule has 6 nitrogen and oxygen atoms in total. The van der Waals surface area contributed by atoms with Crippen molar-refractivity contribution in [1.29, 1.82) is 0 Å². The summed E-state index contributed by atoms with van der Waals surface area (Å²) in [7, 11) is 0. The maximum Gasteiger partial charge on any atom is 0.417 e. The Morgan fingerprint density at radius 3 is 2.51 bits per heavy atom. The molecule has 0 bridgehead atoms. The summed E-state index contributed by atoms with van der Waals surface area (Å²) < 4.78 is 63.7. The molecule has 2 aromatic rings. The van der Waals surface area contributed by atoms with Gasteiger partial charge in [0.2, 0.25) is 0 Å². The third-order valence-electron chi connectivity index (χ3n) is 7.92. The fourth-order valence-corrected chi connectivity index (χ4v) is 6.00. The van der Waals surface area contributed by atoms with Gasteiger partial charge in [0, 0.05) is 65.1 Å². The number of aromatic nitrogens is 3. The van der Waals surface area contributed by atoms with Gasteiger partial charge in [-0.25, -0.2) is 0 Å². The van der Waals surface area contributed by atoms with E-state index in [9.17, 15) is 13.2 Å². The van der Waals surface area contributed by atoms with E-state index in [-0.39, 0.29) is 29.1 Å². The van der Waals surface area contributed by atoms with E-state index in [0.29, 0.717) is 30.9 Å². The minimum Gasteiger partial charge on any atom is -0.381 e. The molecule has 0 spiro atoms. The molecule has 2 atom stereocenters. The second kappa shape index (κ2) is 9.32. The summed E-state index contributed by atoms with van der Waals surface area (Å²) in [5, 5.41) is 12.1. The average molecular weight is 490 g/mol. The number of anilines is 1. The Balaban J connectivity index is 1.15. The topological polar surface area (TPSA) is 63.2 Å². The van der Waals surface area contributed by atoms with Crippen LogP contribution in [0, 0.1) is 17.8 Å². The molecule has 6 rings (SSSR count). The number of ether oxygens (including phenoxy) is 1. The van der Waals surface area contributed by atoms with Crippen LogP contribution in [0.3, 0.4) is 0 Å². The van der Waals surface area contributed by atoms with E-state index < -0.39 is 18.2 Å². The van der Waals surface area contributed by atoms with Gasteiger partial charge in [-0.15, -0.1) is 10.2 Å². The van der Waals surface area contributed by atoms with Crippen LogP contribution in [0.15, 0.2) is 24.5 Å². The van der Waals surface area contributed by atoms with E-state index in [1.165, 1.54) is 6.20 Å². The largest absolute Gasteiger partial charge is 0.417 e. The first-order valence-corrected chi connectivity index (χ1v) is 12.7. The number of halogens is 3. The quantitative estimate of drug-likeness (QED) is 0.617. The maximum absolute atomic E-state index is 13.6. The van der Waals surface area contributed by atoms with E-state index in [4.69, 9.17) is 7.48 Å². The van der Waals surface area contributed by atoms with Crippen molar-refractivity contribution in [3.05, 3.63) is 35.7 Å². The molecule has 2 aliphatic carbocycles. The summed E-state index contributed by atoms with van der Waals surface area (Å²) in [5.74, 6) is 1.82. The molecule has 4 aliphatic rings. The standard InChI is InChI=1S/C26H32F3N5O/c27-26(28,29)23-3-6-30-12-22(23)24-11-21(17-1-2-17)25(33-32-24)31-20-9-18-14-34(15-19(18)10-20)13-16-4-7-35-8-5-16/h3,6,11-12,16-20H,1-2,4-5,7-10,13-15H2,(H,31,33)/i13D2. The van der Waals surface area contributed by atoms with E-state index >= 15 is 0 Å². The van der Waals surface area contributed by atoms with Crippen LogP contribution in [0.1, 0.15) is 58.3 Å². The molecule has 4 fully saturated rings. The van der Waals surface area contributed by atoms with Crippen molar-refractivity contribution < 1.29 is 20.6 Å². The molecular weight excluding hydrogens is 455 g/mol. The summed E-state index contributed by atoms with van der Waals surface area (Å²) in [4.78, 5) is 5.94. The van der Waals surface area contributed by atoms with Crippen LogP contribution in [-0.2, 0) is 10.9 Å². The van der Waals surface area contributed by atoms with Crippen molar-refractivity contribution in [3.8, 4) is 11.3 Å². The third-order valence-corrected chi connectivity index (χ3v) is 7.92. The zero-order valence-corrected chi connectivity index (χ0v) is 19.6.